The second kappa shape index (κ2) is 8.51. The minimum Gasteiger partial charge on any atom is -0.480 e. The highest BCUT2D eigenvalue weighted by atomic mass is 32.2. The van der Waals surface area contributed by atoms with Gasteiger partial charge in [0.25, 0.3) is 5.91 Å². The number of nitrogens with one attached hydrogen (secondary N) is 1. The van der Waals surface area contributed by atoms with Gasteiger partial charge in [0.05, 0.1) is 32.2 Å². The number of methoxy groups -OCH3 is 1. The summed E-state index contributed by atoms with van der Waals surface area (Å²) in [5.41, 5.74) is 5.46. The molecule has 4 rings (SSSR count). The summed E-state index contributed by atoms with van der Waals surface area (Å²) in [5, 5.41) is 3.13. The quantitative estimate of drug-likeness (QED) is 0.664. The van der Waals surface area contributed by atoms with E-state index in [0.29, 0.717) is 34.5 Å². The number of aromatic nitrogens is 2. The minimum absolute atomic E-state index is 0.103. The molecule has 168 valence electrons. The number of hydrogen-bond acceptors (Lipinski definition) is 8. The first-order valence-electron chi connectivity index (χ1n) is 10.00. The Kier molecular flexibility index (Phi) is 5.91. The first kappa shape index (κ1) is 22.2. The molecule has 1 aromatic carbocycles. The van der Waals surface area contributed by atoms with Gasteiger partial charge in [0.15, 0.2) is 5.17 Å². The summed E-state index contributed by atoms with van der Waals surface area (Å²) in [6.07, 6.45) is 4.88. The minimum atomic E-state index is -1.02. The van der Waals surface area contributed by atoms with Gasteiger partial charge in [0, 0.05) is 22.4 Å². The van der Waals surface area contributed by atoms with Gasteiger partial charge in [-0.15, -0.1) is 6.58 Å². The lowest BCUT2D eigenvalue weighted by Gasteiger charge is -2.53. The summed E-state index contributed by atoms with van der Waals surface area (Å²) in [6.45, 7) is 6.05. The summed E-state index contributed by atoms with van der Waals surface area (Å²) < 4.78 is 26.1. The van der Waals surface area contributed by atoms with Gasteiger partial charge < -0.3 is 20.5 Å². The zero-order valence-electron chi connectivity index (χ0n) is 17.8. The van der Waals surface area contributed by atoms with Crippen molar-refractivity contribution in [2.45, 2.75) is 25.0 Å². The molecule has 0 bridgehead atoms. The Morgan fingerprint density at radius 1 is 1.44 bits per heavy atom. The highest BCUT2D eigenvalue weighted by Gasteiger charge is 2.56. The fourth-order valence-corrected chi connectivity index (χ4v) is 5.18. The van der Waals surface area contributed by atoms with E-state index in [-0.39, 0.29) is 18.4 Å². The van der Waals surface area contributed by atoms with Gasteiger partial charge >= 0.3 is 0 Å². The summed E-state index contributed by atoms with van der Waals surface area (Å²) in [5.74, 6) is 0.0344. The van der Waals surface area contributed by atoms with Gasteiger partial charge in [0.1, 0.15) is 17.1 Å². The van der Waals surface area contributed by atoms with Crippen LogP contribution in [0.2, 0.25) is 0 Å². The van der Waals surface area contributed by atoms with Gasteiger partial charge in [0.2, 0.25) is 5.88 Å². The molecule has 1 saturated heterocycles. The van der Waals surface area contributed by atoms with Crippen molar-refractivity contribution >= 4 is 28.5 Å². The number of benzene rings is 1. The molecule has 1 aromatic heterocycles. The molecule has 1 fully saturated rings. The molecule has 0 aliphatic carbocycles. The fraction of sp³-hybridized carbons (Fsp3) is 0.364. The number of aliphatic imine (C=N–C) groups is 1. The van der Waals surface area contributed by atoms with E-state index >= 15 is 4.39 Å². The van der Waals surface area contributed by atoms with E-state index in [1.165, 1.54) is 43.4 Å². The average molecular weight is 458 g/mol. The molecule has 0 unspecified atom stereocenters. The smallest absolute Gasteiger partial charge is 0.275 e. The molecule has 32 heavy (non-hydrogen) atoms. The van der Waals surface area contributed by atoms with Crippen LogP contribution in [-0.4, -0.2) is 46.6 Å². The van der Waals surface area contributed by atoms with Crippen molar-refractivity contribution < 1.29 is 18.7 Å². The van der Waals surface area contributed by atoms with Crippen molar-refractivity contribution in [1.29, 1.82) is 0 Å². The predicted molar refractivity (Wildman–Crippen MR) is 121 cm³/mol. The number of hydrogen-bond donors (Lipinski definition) is 2. The number of amides is 1. The predicted octanol–water partition coefficient (Wildman–Crippen LogP) is 3.11. The first-order chi connectivity index (χ1) is 15.3. The topological polar surface area (TPSA) is 112 Å². The van der Waals surface area contributed by atoms with E-state index in [1.807, 2.05) is 0 Å². The Bertz CT molecular complexity index is 1080. The zero-order valence-corrected chi connectivity index (χ0v) is 18.6. The molecule has 3 heterocycles. The number of nitrogens with two attached hydrogens (primary N) is 1. The van der Waals surface area contributed by atoms with Crippen LogP contribution in [0.1, 0.15) is 29.4 Å². The molecular weight excluding hydrogens is 433 g/mol. The molecule has 2 aromatic rings. The number of carbonyl (C=O) groups is 1. The summed E-state index contributed by atoms with van der Waals surface area (Å²) in [4.78, 5) is 25.4. The van der Waals surface area contributed by atoms with Crippen molar-refractivity contribution in [3.05, 3.63) is 60.3 Å². The van der Waals surface area contributed by atoms with E-state index in [2.05, 4.69) is 28.8 Å². The third-order valence-electron chi connectivity index (χ3n) is 6.00. The van der Waals surface area contributed by atoms with Crippen LogP contribution < -0.4 is 15.8 Å². The molecule has 3 atom stereocenters. The number of carbonyl (C=O) groups excluding carboxylic acids is 1. The van der Waals surface area contributed by atoms with Crippen LogP contribution >= 0.6 is 11.8 Å². The highest BCUT2D eigenvalue weighted by Crippen LogP contribution is 2.55. The van der Waals surface area contributed by atoms with Gasteiger partial charge in [-0.25, -0.2) is 19.4 Å². The van der Waals surface area contributed by atoms with Crippen molar-refractivity contribution in [3.63, 3.8) is 0 Å². The second-order valence-electron chi connectivity index (χ2n) is 8.04. The number of nitrogens with zero attached hydrogens (tertiary/aromatic N) is 3. The van der Waals surface area contributed by atoms with E-state index in [0.717, 1.165) is 0 Å². The largest absolute Gasteiger partial charge is 0.480 e. The summed E-state index contributed by atoms with van der Waals surface area (Å²) in [7, 11) is 1.46. The van der Waals surface area contributed by atoms with Crippen LogP contribution in [0.15, 0.2) is 48.2 Å². The molecule has 0 radical (unpaired) electrons. The van der Waals surface area contributed by atoms with Crippen molar-refractivity contribution in [2.75, 3.05) is 24.8 Å². The standard InChI is InChI=1S/C22H24FN5O3S/c1-4-14-8-21(2)12-32-20(24)28-22(21,11-31-14)15-7-13(5-6-16(15)23)27-19(29)17-9-26-18(30-3)10-25-17/h4-7,9-10,14H,1,8,11-12H2,2-3H3,(H2,24,28)(H,27,29)/t14-,21-,22+/m0/s1. The number of fused-ring (bicyclic) bond motifs is 1. The Balaban J connectivity index is 1.70. The van der Waals surface area contributed by atoms with Crippen LogP contribution in [0.4, 0.5) is 10.1 Å². The second-order valence-corrected chi connectivity index (χ2v) is 9.04. The molecule has 10 heteroatoms. The van der Waals surface area contributed by atoms with Crippen molar-refractivity contribution in [1.82, 2.24) is 9.97 Å². The monoisotopic (exact) mass is 457 g/mol. The number of anilines is 1. The molecule has 2 aliphatic heterocycles. The Hall–Kier alpha value is -2.98. The molecule has 8 nitrogen and oxygen atoms in total. The van der Waals surface area contributed by atoms with Gasteiger partial charge in [-0.3, -0.25) is 4.79 Å². The van der Waals surface area contributed by atoms with Crippen LogP contribution in [0, 0.1) is 11.2 Å². The number of thioether (sulfide) groups is 1. The number of ether oxygens (including phenoxy) is 2. The Morgan fingerprint density at radius 3 is 2.94 bits per heavy atom. The first-order valence-corrected chi connectivity index (χ1v) is 11.0. The molecule has 1 amide bonds. The van der Waals surface area contributed by atoms with E-state index in [4.69, 9.17) is 20.2 Å². The maximum atomic E-state index is 15.2. The number of rotatable bonds is 5. The Labute approximate surface area is 189 Å². The van der Waals surface area contributed by atoms with Crippen LogP contribution in [0.3, 0.4) is 0 Å². The van der Waals surface area contributed by atoms with Gasteiger partial charge in [-0.05, 0) is 24.6 Å². The third-order valence-corrected chi connectivity index (χ3v) is 7.17. The Morgan fingerprint density at radius 2 is 2.25 bits per heavy atom. The van der Waals surface area contributed by atoms with Crippen molar-refractivity contribution in [3.8, 4) is 5.88 Å². The molecule has 3 N–H and O–H groups in total. The van der Waals surface area contributed by atoms with Crippen LogP contribution in [0.5, 0.6) is 5.88 Å². The zero-order chi connectivity index (χ0) is 22.9. The molecule has 0 saturated carbocycles. The average Bonchev–Trinajstić information content (AvgIpc) is 2.80. The lowest BCUT2D eigenvalue weighted by atomic mass is 9.64. The maximum Gasteiger partial charge on any atom is 0.275 e. The molecule has 0 spiro atoms. The molecular formula is C22H24FN5O3S. The van der Waals surface area contributed by atoms with Gasteiger partial charge in [-0.1, -0.05) is 24.8 Å². The van der Waals surface area contributed by atoms with Crippen molar-refractivity contribution in [2.24, 2.45) is 16.1 Å². The third kappa shape index (κ3) is 3.84. The highest BCUT2D eigenvalue weighted by molar-refractivity contribution is 8.13. The summed E-state index contributed by atoms with van der Waals surface area (Å²) >= 11 is 1.45. The van der Waals surface area contributed by atoms with E-state index < -0.39 is 22.7 Å². The number of amidine groups is 1. The lowest BCUT2D eigenvalue weighted by molar-refractivity contribution is -0.0757. The van der Waals surface area contributed by atoms with E-state index in [9.17, 15) is 4.79 Å². The molecule has 2 aliphatic rings. The van der Waals surface area contributed by atoms with Crippen LogP contribution in [0.25, 0.3) is 0 Å². The normalized spacial score (nSPS) is 27.1. The maximum absolute atomic E-state index is 15.2. The SMILES string of the molecule is C=C[C@H]1C[C@@]2(C)CSC(N)=N[C@@]2(c2cc(NC(=O)c3cnc(OC)cn3)ccc2F)CO1. The van der Waals surface area contributed by atoms with E-state index in [1.54, 1.807) is 12.1 Å². The lowest BCUT2D eigenvalue weighted by Crippen LogP contribution is -2.56. The van der Waals surface area contributed by atoms with Gasteiger partial charge in [-0.2, -0.15) is 0 Å². The summed E-state index contributed by atoms with van der Waals surface area (Å²) in [6, 6.07) is 4.39. The fourth-order valence-electron chi connectivity index (χ4n) is 4.14. The number of halogens is 1. The van der Waals surface area contributed by atoms with Crippen LogP contribution in [-0.2, 0) is 10.3 Å².